The van der Waals surface area contributed by atoms with Gasteiger partial charge in [-0.1, -0.05) is 32.7 Å². The quantitative estimate of drug-likeness (QED) is 0.437. The monoisotopic (exact) mass is 457 g/mol. The first-order valence-corrected chi connectivity index (χ1v) is 11.5. The summed E-state index contributed by atoms with van der Waals surface area (Å²) < 4.78 is 24.0. The molecule has 2 N–H and O–H groups in total. The fraction of sp³-hybridized carbons (Fsp3) is 0.333. The van der Waals surface area contributed by atoms with Crippen molar-refractivity contribution in [2.45, 2.75) is 32.6 Å². The molecule has 1 saturated heterocycles. The van der Waals surface area contributed by atoms with Gasteiger partial charge in [0.25, 0.3) is 0 Å². The Kier molecular flexibility index (Phi) is 7.13. The van der Waals surface area contributed by atoms with Gasteiger partial charge in [-0.15, -0.1) is 0 Å². The molecule has 3 amide bonds. The summed E-state index contributed by atoms with van der Waals surface area (Å²) in [6.45, 7) is 6.33. The van der Waals surface area contributed by atoms with E-state index in [0.717, 1.165) is 11.3 Å². The molecule has 1 heterocycles. The molecule has 2 aromatic carbocycles. The minimum absolute atomic E-state index is 0.207. The number of halogens is 1. The molecule has 0 aliphatic carbocycles. The highest BCUT2D eigenvalue weighted by Crippen LogP contribution is 2.40. The van der Waals surface area contributed by atoms with Crippen LogP contribution in [0.15, 0.2) is 36.4 Å². The molecule has 170 valence electrons. The van der Waals surface area contributed by atoms with Crippen LogP contribution in [0.25, 0.3) is 11.9 Å². The van der Waals surface area contributed by atoms with Gasteiger partial charge in [-0.05, 0) is 47.9 Å². The number of amides is 3. The Morgan fingerprint density at radius 3 is 2.47 bits per heavy atom. The molecule has 3 rings (SSSR count). The van der Waals surface area contributed by atoms with Crippen molar-refractivity contribution in [3.8, 4) is 5.75 Å². The molecular formula is C24H28FN3O3S. The molecule has 0 atom stereocenters. The molecule has 0 spiro atoms. The van der Waals surface area contributed by atoms with Crippen LogP contribution in [-0.4, -0.2) is 31.8 Å². The number of hydrogen-bond acceptors (Lipinski definition) is 5. The molecule has 2 aromatic rings. The predicted octanol–water partition coefficient (Wildman–Crippen LogP) is 5.60. The minimum Gasteiger partial charge on any atom is -0.496 e. The average molecular weight is 458 g/mol. The highest BCUT2D eigenvalue weighted by Gasteiger charge is 2.28. The second-order valence-electron chi connectivity index (χ2n) is 8.50. The Hall–Kier alpha value is -3.00. The summed E-state index contributed by atoms with van der Waals surface area (Å²) >= 11 is 1.46. The van der Waals surface area contributed by atoms with Crippen LogP contribution in [-0.2, 0) is 10.2 Å². The van der Waals surface area contributed by atoms with Crippen LogP contribution < -0.4 is 19.7 Å². The molecule has 0 saturated carbocycles. The van der Waals surface area contributed by atoms with E-state index in [1.165, 1.54) is 22.9 Å². The average Bonchev–Trinajstić information content (AvgIpc) is 2.73. The van der Waals surface area contributed by atoms with Crippen LogP contribution in [0.1, 0.15) is 43.9 Å². The highest BCUT2D eigenvalue weighted by atomic mass is 32.2. The Labute approximate surface area is 192 Å². The number of imide groups is 1. The topological polar surface area (TPSA) is 70.7 Å². The molecule has 6 nitrogen and oxygen atoms in total. The van der Waals surface area contributed by atoms with Crippen LogP contribution in [0.2, 0.25) is 0 Å². The zero-order valence-electron chi connectivity index (χ0n) is 18.9. The van der Waals surface area contributed by atoms with Gasteiger partial charge in [-0.3, -0.25) is 15.0 Å². The van der Waals surface area contributed by atoms with Crippen molar-refractivity contribution in [3.05, 3.63) is 53.1 Å². The lowest BCUT2D eigenvalue weighted by molar-refractivity contribution is -0.120. The zero-order valence-corrected chi connectivity index (χ0v) is 19.7. The molecule has 1 aliphatic heterocycles. The van der Waals surface area contributed by atoms with Crippen LogP contribution in [0.3, 0.4) is 0 Å². The van der Waals surface area contributed by atoms with Crippen molar-refractivity contribution < 1.29 is 18.7 Å². The number of benzene rings is 2. The third kappa shape index (κ3) is 5.24. The fourth-order valence-corrected chi connectivity index (χ4v) is 3.90. The van der Waals surface area contributed by atoms with Crippen molar-refractivity contribution in [2.75, 3.05) is 29.5 Å². The van der Waals surface area contributed by atoms with Gasteiger partial charge in [0.05, 0.1) is 7.11 Å². The van der Waals surface area contributed by atoms with Crippen molar-refractivity contribution in [3.63, 3.8) is 0 Å². The van der Waals surface area contributed by atoms with Crippen molar-refractivity contribution in [1.29, 1.82) is 0 Å². The van der Waals surface area contributed by atoms with Gasteiger partial charge in [0.1, 0.15) is 11.6 Å². The number of hydrogen-bond donors (Lipinski definition) is 2. The molecule has 0 aromatic heterocycles. The fourth-order valence-electron chi connectivity index (χ4n) is 3.53. The highest BCUT2D eigenvalue weighted by molar-refractivity contribution is 7.99. The van der Waals surface area contributed by atoms with Crippen LogP contribution >= 0.6 is 11.9 Å². The van der Waals surface area contributed by atoms with Crippen LogP contribution in [0, 0.1) is 0 Å². The molecule has 0 unspecified atom stereocenters. The maximum atomic E-state index is 15.2. The number of urea groups is 1. The molecule has 0 radical (unpaired) electrons. The maximum absolute atomic E-state index is 15.2. The van der Waals surface area contributed by atoms with Gasteiger partial charge < -0.3 is 9.46 Å². The zero-order chi connectivity index (χ0) is 23.5. The Bertz CT molecular complexity index is 1050. The molecule has 1 fully saturated rings. The van der Waals surface area contributed by atoms with E-state index in [4.69, 9.17) is 4.74 Å². The lowest BCUT2D eigenvalue weighted by atomic mass is 9.84. The summed E-state index contributed by atoms with van der Waals surface area (Å²) in [6.07, 6.45) is 3.54. The summed E-state index contributed by atoms with van der Waals surface area (Å²) in [5.41, 5.74) is 2.92. The smallest absolute Gasteiger partial charge is 0.328 e. The lowest BCUT2D eigenvalue weighted by Gasteiger charge is -2.30. The Morgan fingerprint density at radius 1 is 1.22 bits per heavy atom. The second-order valence-corrected chi connectivity index (χ2v) is 9.11. The number of carbonyl (C=O) groups excluding carboxylic acids is 2. The third-order valence-electron chi connectivity index (χ3n) is 5.14. The standard InChI is InChI=1S/C24H28FN3O3S/c1-24(2,3)19-14-18(28-11-10-21(29)26-23(28)30)12-16(22(19)31-4)13-20(25)15-6-8-17(9-7-15)27-32-5/h6-9,12-14,27H,10-11H2,1-5H3,(H,26,29,30)/b20-13-. The van der Waals surface area contributed by atoms with Gasteiger partial charge >= 0.3 is 6.03 Å². The number of methoxy groups -OCH3 is 1. The molecule has 8 heteroatoms. The van der Waals surface area contributed by atoms with E-state index in [-0.39, 0.29) is 24.3 Å². The van der Waals surface area contributed by atoms with Gasteiger partial charge in [-0.2, -0.15) is 0 Å². The normalized spacial score (nSPS) is 14.9. The van der Waals surface area contributed by atoms with Gasteiger partial charge in [0.15, 0.2) is 0 Å². The second kappa shape index (κ2) is 9.65. The number of anilines is 2. The van der Waals surface area contributed by atoms with Crippen molar-refractivity contribution in [2.24, 2.45) is 0 Å². The van der Waals surface area contributed by atoms with Gasteiger partial charge in [0, 0.05) is 47.3 Å². The van der Waals surface area contributed by atoms with E-state index in [1.54, 1.807) is 25.3 Å². The first kappa shape index (κ1) is 23.7. The van der Waals surface area contributed by atoms with E-state index in [1.807, 2.05) is 45.2 Å². The summed E-state index contributed by atoms with van der Waals surface area (Å²) in [5, 5.41) is 2.34. The lowest BCUT2D eigenvalue weighted by Crippen LogP contribution is -2.49. The molecule has 1 aliphatic rings. The largest absolute Gasteiger partial charge is 0.496 e. The Balaban J connectivity index is 2.09. The molecular weight excluding hydrogens is 429 g/mol. The summed E-state index contributed by atoms with van der Waals surface area (Å²) in [5.74, 6) is -0.179. The van der Waals surface area contributed by atoms with E-state index < -0.39 is 11.9 Å². The van der Waals surface area contributed by atoms with Crippen LogP contribution in [0.4, 0.5) is 20.6 Å². The SMILES string of the molecule is COc1c(/C=C(\F)c2ccc(NSC)cc2)cc(N2CCC(=O)NC2=O)cc1C(C)(C)C. The number of nitrogens with zero attached hydrogens (tertiary/aromatic N) is 1. The first-order chi connectivity index (χ1) is 15.1. The first-order valence-electron chi connectivity index (χ1n) is 10.2. The summed E-state index contributed by atoms with van der Waals surface area (Å²) in [7, 11) is 1.55. The molecule has 0 bridgehead atoms. The van der Waals surface area contributed by atoms with Crippen molar-refractivity contribution in [1.82, 2.24) is 5.32 Å². The number of nitrogens with one attached hydrogen (secondary N) is 2. The van der Waals surface area contributed by atoms with E-state index >= 15 is 4.39 Å². The van der Waals surface area contributed by atoms with E-state index in [9.17, 15) is 9.59 Å². The Morgan fingerprint density at radius 2 is 1.91 bits per heavy atom. The number of rotatable bonds is 6. The van der Waals surface area contributed by atoms with E-state index in [2.05, 4.69) is 10.0 Å². The number of carbonyl (C=O) groups is 2. The van der Waals surface area contributed by atoms with E-state index in [0.29, 0.717) is 22.6 Å². The predicted molar refractivity (Wildman–Crippen MR) is 130 cm³/mol. The van der Waals surface area contributed by atoms with Crippen molar-refractivity contribution >= 4 is 47.2 Å². The summed E-state index contributed by atoms with van der Waals surface area (Å²) in [4.78, 5) is 25.5. The van der Waals surface area contributed by atoms with Gasteiger partial charge in [0.2, 0.25) is 5.91 Å². The van der Waals surface area contributed by atoms with Gasteiger partial charge in [-0.25, -0.2) is 9.18 Å². The minimum atomic E-state index is -0.487. The number of ether oxygens (including phenoxy) is 1. The third-order valence-corrected chi connectivity index (χ3v) is 5.58. The molecule has 32 heavy (non-hydrogen) atoms. The summed E-state index contributed by atoms with van der Waals surface area (Å²) in [6, 6.07) is 10.1. The van der Waals surface area contributed by atoms with Crippen LogP contribution in [0.5, 0.6) is 5.75 Å². The maximum Gasteiger partial charge on any atom is 0.328 e.